The average molecular weight is 446 g/mol. The number of carbonyl (C=O) groups excluding carboxylic acids is 1. The molecule has 0 N–H and O–H groups in total. The van der Waals surface area contributed by atoms with E-state index in [0.29, 0.717) is 24.0 Å². The van der Waals surface area contributed by atoms with Crippen LogP contribution in [0.15, 0.2) is 57.5 Å². The Morgan fingerprint density at radius 3 is 2.43 bits per heavy atom. The first kappa shape index (κ1) is 19.9. The maximum atomic E-state index is 12.5. The summed E-state index contributed by atoms with van der Waals surface area (Å²) in [5, 5.41) is 3.99. The van der Waals surface area contributed by atoms with Crippen LogP contribution in [0.4, 0.5) is 0 Å². The Morgan fingerprint density at radius 2 is 1.79 bits per heavy atom. The van der Waals surface area contributed by atoms with Crippen molar-refractivity contribution in [1.29, 1.82) is 0 Å². The van der Waals surface area contributed by atoms with Crippen molar-refractivity contribution in [3.63, 3.8) is 0 Å². The van der Waals surface area contributed by atoms with Crippen LogP contribution in [0, 0.1) is 0 Å². The summed E-state index contributed by atoms with van der Waals surface area (Å²) >= 11 is 3.36. The number of carbonyl (C=O) groups is 1. The van der Waals surface area contributed by atoms with E-state index in [0.717, 1.165) is 15.8 Å². The van der Waals surface area contributed by atoms with E-state index in [-0.39, 0.29) is 19.1 Å². The Bertz CT molecular complexity index is 910. The van der Waals surface area contributed by atoms with Gasteiger partial charge in [-0.2, -0.15) is 4.98 Å². The van der Waals surface area contributed by atoms with Gasteiger partial charge in [0.1, 0.15) is 18.0 Å². The van der Waals surface area contributed by atoms with Crippen molar-refractivity contribution in [2.24, 2.45) is 0 Å². The fourth-order valence-electron chi connectivity index (χ4n) is 2.48. The molecule has 1 aromatic heterocycles. The first-order valence-electron chi connectivity index (χ1n) is 8.72. The van der Waals surface area contributed by atoms with Crippen molar-refractivity contribution in [1.82, 2.24) is 15.0 Å². The van der Waals surface area contributed by atoms with Crippen molar-refractivity contribution in [2.45, 2.75) is 13.5 Å². The fourth-order valence-corrected chi connectivity index (χ4v) is 2.75. The number of rotatable bonds is 8. The number of halogens is 1. The van der Waals surface area contributed by atoms with Crippen LogP contribution in [0.1, 0.15) is 12.8 Å². The van der Waals surface area contributed by atoms with Crippen molar-refractivity contribution >= 4 is 21.8 Å². The average Bonchev–Trinajstić information content (AvgIpc) is 3.20. The van der Waals surface area contributed by atoms with Gasteiger partial charge in [0.2, 0.25) is 11.7 Å². The van der Waals surface area contributed by atoms with Crippen LogP contribution in [0.25, 0.3) is 11.4 Å². The molecule has 3 rings (SSSR count). The van der Waals surface area contributed by atoms with Gasteiger partial charge in [0.15, 0.2) is 6.61 Å². The van der Waals surface area contributed by atoms with Gasteiger partial charge in [0.05, 0.1) is 7.11 Å². The molecule has 0 saturated carbocycles. The highest BCUT2D eigenvalue weighted by atomic mass is 79.9. The van der Waals surface area contributed by atoms with E-state index in [1.807, 2.05) is 43.3 Å². The molecule has 0 bridgehead atoms. The van der Waals surface area contributed by atoms with Crippen LogP contribution >= 0.6 is 15.9 Å². The van der Waals surface area contributed by atoms with Gasteiger partial charge >= 0.3 is 0 Å². The zero-order valence-corrected chi connectivity index (χ0v) is 17.2. The van der Waals surface area contributed by atoms with Crippen LogP contribution in [0.2, 0.25) is 0 Å². The summed E-state index contributed by atoms with van der Waals surface area (Å²) < 4.78 is 16.9. The highest BCUT2D eigenvalue weighted by molar-refractivity contribution is 9.10. The van der Waals surface area contributed by atoms with Crippen molar-refractivity contribution < 1.29 is 18.8 Å². The molecular weight excluding hydrogens is 426 g/mol. The van der Waals surface area contributed by atoms with E-state index in [1.54, 1.807) is 24.1 Å². The second-order valence-corrected chi connectivity index (χ2v) is 6.81. The normalized spacial score (nSPS) is 10.5. The van der Waals surface area contributed by atoms with Gasteiger partial charge in [0.25, 0.3) is 5.91 Å². The third-order valence-electron chi connectivity index (χ3n) is 4.05. The third-order valence-corrected chi connectivity index (χ3v) is 4.58. The molecule has 0 aliphatic carbocycles. The molecule has 0 radical (unpaired) electrons. The number of ether oxygens (including phenoxy) is 2. The summed E-state index contributed by atoms with van der Waals surface area (Å²) in [5.74, 6) is 2.06. The minimum Gasteiger partial charge on any atom is -0.497 e. The molecule has 0 saturated heterocycles. The number of nitrogens with zero attached hydrogens (tertiary/aromatic N) is 3. The number of aromatic nitrogens is 2. The predicted octanol–water partition coefficient (Wildman–Crippen LogP) is 3.94. The number of benzene rings is 2. The summed E-state index contributed by atoms with van der Waals surface area (Å²) in [6, 6.07) is 14.7. The van der Waals surface area contributed by atoms with Crippen LogP contribution in [-0.4, -0.2) is 41.2 Å². The number of methoxy groups -OCH3 is 1. The molecule has 1 heterocycles. The maximum absolute atomic E-state index is 12.5. The van der Waals surface area contributed by atoms with Crippen molar-refractivity contribution in [3.05, 3.63) is 58.9 Å². The third kappa shape index (κ3) is 5.10. The van der Waals surface area contributed by atoms with Gasteiger partial charge in [0, 0.05) is 16.6 Å². The standard InChI is InChI=1S/C20H20BrN3O4/c1-3-24(19(25)13-27-17-10-6-15(21)7-11-17)12-18-22-20(23-28-18)14-4-8-16(26-2)9-5-14/h4-11H,3,12-13H2,1-2H3. The molecule has 0 spiro atoms. The molecular formula is C20H20BrN3O4. The second kappa shape index (κ2) is 9.36. The first-order valence-corrected chi connectivity index (χ1v) is 9.51. The molecule has 0 unspecified atom stereocenters. The topological polar surface area (TPSA) is 77.7 Å². The highest BCUT2D eigenvalue weighted by Crippen LogP contribution is 2.20. The lowest BCUT2D eigenvalue weighted by molar-refractivity contribution is -0.134. The largest absolute Gasteiger partial charge is 0.497 e. The molecule has 1 amide bonds. The lowest BCUT2D eigenvalue weighted by Crippen LogP contribution is -2.34. The van der Waals surface area contributed by atoms with E-state index < -0.39 is 0 Å². The molecule has 3 aromatic rings. The summed E-state index contributed by atoms with van der Waals surface area (Å²) in [6.45, 7) is 2.55. The molecule has 28 heavy (non-hydrogen) atoms. The molecule has 146 valence electrons. The Labute approximate surface area is 171 Å². The van der Waals surface area contributed by atoms with E-state index in [9.17, 15) is 4.79 Å². The van der Waals surface area contributed by atoms with E-state index in [1.165, 1.54) is 0 Å². The number of hydrogen-bond acceptors (Lipinski definition) is 6. The van der Waals surface area contributed by atoms with Gasteiger partial charge in [-0.05, 0) is 55.5 Å². The predicted molar refractivity (Wildman–Crippen MR) is 107 cm³/mol. The highest BCUT2D eigenvalue weighted by Gasteiger charge is 2.17. The summed E-state index contributed by atoms with van der Waals surface area (Å²) in [7, 11) is 1.61. The molecule has 0 fully saturated rings. The van der Waals surface area contributed by atoms with Gasteiger partial charge in [-0.25, -0.2) is 0 Å². The molecule has 0 aliphatic rings. The van der Waals surface area contributed by atoms with Crippen LogP contribution in [-0.2, 0) is 11.3 Å². The van der Waals surface area contributed by atoms with E-state index >= 15 is 0 Å². The minimum absolute atomic E-state index is 0.0606. The smallest absolute Gasteiger partial charge is 0.260 e. The second-order valence-electron chi connectivity index (χ2n) is 5.89. The van der Waals surface area contributed by atoms with E-state index in [4.69, 9.17) is 14.0 Å². The Morgan fingerprint density at radius 1 is 1.11 bits per heavy atom. The summed E-state index contributed by atoms with van der Waals surface area (Å²) in [5.41, 5.74) is 0.809. The lowest BCUT2D eigenvalue weighted by Gasteiger charge is -2.18. The Balaban J connectivity index is 1.59. The van der Waals surface area contributed by atoms with Gasteiger partial charge in [-0.1, -0.05) is 21.1 Å². The quantitative estimate of drug-likeness (QED) is 0.522. The number of amides is 1. The fraction of sp³-hybridized carbons (Fsp3) is 0.250. The monoisotopic (exact) mass is 445 g/mol. The molecule has 7 nitrogen and oxygen atoms in total. The summed E-state index contributed by atoms with van der Waals surface area (Å²) in [4.78, 5) is 18.4. The van der Waals surface area contributed by atoms with Crippen LogP contribution in [0.3, 0.4) is 0 Å². The molecule has 8 heteroatoms. The maximum Gasteiger partial charge on any atom is 0.260 e. The van der Waals surface area contributed by atoms with Crippen LogP contribution < -0.4 is 9.47 Å². The number of likely N-dealkylation sites (N-methyl/N-ethyl adjacent to an activating group) is 1. The van der Waals surface area contributed by atoms with Crippen LogP contribution in [0.5, 0.6) is 11.5 Å². The Kier molecular flexibility index (Phi) is 6.65. The minimum atomic E-state index is -0.158. The molecule has 2 aromatic carbocycles. The zero-order chi connectivity index (χ0) is 19.9. The van der Waals surface area contributed by atoms with E-state index in [2.05, 4.69) is 26.1 Å². The Hall–Kier alpha value is -2.87. The number of hydrogen-bond donors (Lipinski definition) is 0. The van der Waals surface area contributed by atoms with Gasteiger partial charge < -0.3 is 18.9 Å². The van der Waals surface area contributed by atoms with Gasteiger partial charge in [-0.3, -0.25) is 4.79 Å². The molecule has 0 aliphatic heterocycles. The SMILES string of the molecule is CCN(Cc1nc(-c2ccc(OC)cc2)no1)C(=O)COc1ccc(Br)cc1. The van der Waals surface area contributed by atoms with Crippen molar-refractivity contribution in [3.8, 4) is 22.9 Å². The lowest BCUT2D eigenvalue weighted by atomic mass is 10.2. The summed E-state index contributed by atoms with van der Waals surface area (Å²) in [6.07, 6.45) is 0. The van der Waals surface area contributed by atoms with Crippen molar-refractivity contribution in [2.75, 3.05) is 20.3 Å². The molecule has 0 atom stereocenters. The zero-order valence-electron chi connectivity index (χ0n) is 15.6. The van der Waals surface area contributed by atoms with Gasteiger partial charge in [-0.15, -0.1) is 0 Å². The first-order chi connectivity index (χ1) is 13.6.